The molecule has 0 N–H and O–H groups in total. The lowest BCUT2D eigenvalue weighted by Crippen LogP contribution is -2.30. The average Bonchev–Trinajstić information content (AvgIpc) is 3.23. The highest BCUT2D eigenvalue weighted by Gasteiger charge is 2.19. The maximum Gasteiger partial charge on any atom is 0.306 e. The van der Waals surface area contributed by atoms with E-state index in [9.17, 15) is 14.4 Å². The molecule has 0 radical (unpaired) electrons. The SMILES string of the molecule is CCCCCCCCCCCCCCCC(=O)OC[C@H](COC(=O)CCCCCCCCCCCCCCCC(C)C)OC(=O)CCCCCCCCCCCCCCC. The summed E-state index contributed by atoms with van der Waals surface area (Å²) in [5, 5.41) is 0. The van der Waals surface area contributed by atoms with E-state index in [4.69, 9.17) is 14.2 Å². The molecule has 0 aromatic carbocycles. The molecular formula is C54H104O6. The van der Waals surface area contributed by atoms with Crippen molar-refractivity contribution in [1.82, 2.24) is 0 Å². The zero-order valence-electron chi connectivity index (χ0n) is 40.9. The molecule has 0 saturated carbocycles. The predicted molar refractivity (Wildman–Crippen MR) is 257 cm³/mol. The number of rotatable bonds is 49. The Morgan fingerprint density at radius 1 is 0.317 bits per heavy atom. The van der Waals surface area contributed by atoms with Crippen molar-refractivity contribution in [1.29, 1.82) is 0 Å². The van der Waals surface area contributed by atoms with Gasteiger partial charge >= 0.3 is 17.9 Å². The lowest BCUT2D eigenvalue weighted by molar-refractivity contribution is -0.167. The van der Waals surface area contributed by atoms with Gasteiger partial charge in [-0.25, -0.2) is 0 Å². The Kier molecular flexibility index (Phi) is 47.2. The highest BCUT2D eigenvalue weighted by molar-refractivity contribution is 5.71. The molecular weight excluding hydrogens is 745 g/mol. The molecule has 6 nitrogen and oxygen atoms in total. The molecule has 0 unspecified atom stereocenters. The van der Waals surface area contributed by atoms with Crippen molar-refractivity contribution in [3.8, 4) is 0 Å². The number of hydrogen-bond acceptors (Lipinski definition) is 6. The van der Waals surface area contributed by atoms with Gasteiger partial charge in [-0.2, -0.15) is 0 Å². The van der Waals surface area contributed by atoms with Crippen LogP contribution in [0.4, 0.5) is 0 Å². The Labute approximate surface area is 374 Å². The fourth-order valence-electron chi connectivity index (χ4n) is 8.22. The van der Waals surface area contributed by atoms with E-state index in [0.717, 1.165) is 63.7 Å². The second-order valence-corrected chi connectivity index (χ2v) is 19.0. The van der Waals surface area contributed by atoms with Gasteiger partial charge in [0.15, 0.2) is 6.10 Å². The van der Waals surface area contributed by atoms with Gasteiger partial charge in [-0.3, -0.25) is 14.4 Å². The Morgan fingerprint density at radius 3 is 0.817 bits per heavy atom. The van der Waals surface area contributed by atoms with E-state index in [1.54, 1.807) is 0 Å². The summed E-state index contributed by atoms with van der Waals surface area (Å²) in [7, 11) is 0. The van der Waals surface area contributed by atoms with Gasteiger partial charge in [0.05, 0.1) is 0 Å². The molecule has 0 saturated heterocycles. The molecule has 0 spiro atoms. The molecule has 0 rings (SSSR count). The first-order valence-corrected chi connectivity index (χ1v) is 26.9. The molecule has 0 bridgehead atoms. The number of hydrogen-bond donors (Lipinski definition) is 0. The molecule has 0 fully saturated rings. The monoisotopic (exact) mass is 849 g/mol. The van der Waals surface area contributed by atoms with E-state index in [1.807, 2.05) is 0 Å². The minimum Gasteiger partial charge on any atom is -0.462 e. The molecule has 1 atom stereocenters. The van der Waals surface area contributed by atoms with Gasteiger partial charge in [0.1, 0.15) is 13.2 Å². The largest absolute Gasteiger partial charge is 0.462 e. The van der Waals surface area contributed by atoms with Crippen LogP contribution in [-0.4, -0.2) is 37.2 Å². The number of unbranched alkanes of at least 4 members (excludes halogenated alkanes) is 36. The van der Waals surface area contributed by atoms with Crippen molar-refractivity contribution in [3.05, 3.63) is 0 Å². The quantitative estimate of drug-likeness (QED) is 0.0345. The highest BCUT2D eigenvalue weighted by atomic mass is 16.6. The fourth-order valence-corrected chi connectivity index (χ4v) is 8.22. The average molecular weight is 849 g/mol. The van der Waals surface area contributed by atoms with E-state index < -0.39 is 6.10 Å². The molecule has 0 aliphatic carbocycles. The summed E-state index contributed by atoms with van der Waals surface area (Å²) in [5.41, 5.74) is 0. The van der Waals surface area contributed by atoms with E-state index in [0.29, 0.717) is 19.3 Å². The minimum atomic E-state index is -0.760. The summed E-state index contributed by atoms with van der Waals surface area (Å²) in [6.45, 7) is 9.04. The highest BCUT2D eigenvalue weighted by Crippen LogP contribution is 2.17. The standard InChI is InChI=1S/C54H104O6/c1-5-7-9-11-13-15-17-20-25-29-33-37-41-45-52(55)58-48-51(60-54(57)47-43-39-35-31-27-21-18-16-14-12-10-8-6-2)49-59-53(56)46-42-38-34-30-26-23-19-22-24-28-32-36-40-44-50(3)4/h50-51H,5-49H2,1-4H3/t51-/m1/s1. The third-order valence-corrected chi connectivity index (χ3v) is 12.3. The van der Waals surface area contributed by atoms with E-state index in [-0.39, 0.29) is 31.1 Å². The number of esters is 3. The summed E-state index contributed by atoms with van der Waals surface area (Å²) in [6, 6.07) is 0. The maximum absolute atomic E-state index is 12.8. The Morgan fingerprint density at radius 2 is 0.550 bits per heavy atom. The third-order valence-electron chi connectivity index (χ3n) is 12.3. The summed E-state index contributed by atoms with van der Waals surface area (Å²) in [6.07, 6.45) is 50.8. The molecule has 0 aliphatic rings. The van der Waals surface area contributed by atoms with Crippen LogP contribution in [0.3, 0.4) is 0 Å². The zero-order valence-corrected chi connectivity index (χ0v) is 40.9. The first kappa shape index (κ1) is 58.4. The minimum absolute atomic E-state index is 0.0623. The number of ether oxygens (including phenoxy) is 3. The van der Waals surface area contributed by atoms with Crippen molar-refractivity contribution < 1.29 is 28.6 Å². The van der Waals surface area contributed by atoms with Crippen LogP contribution in [0.25, 0.3) is 0 Å². The van der Waals surface area contributed by atoms with Gasteiger partial charge in [-0.05, 0) is 25.2 Å². The molecule has 356 valence electrons. The second kappa shape index (κ2) is 48.4. The van der Waals surface area contributed by atoms with Crippen LogP contribution in [0.1, 0.15) is 304 Å². The smallest absolute Gasteiger partial charge is 0.306 e. The summed E-state index contributed by atoms with van der Waals surface area (Å²) < 4.78 is 16.8. The van der Waals surface area contributed by atoms with E-state index >= 15 is 0 Å². The van der Waals surface area contributed by atoms with Gasteiger partial charge in [0.25, 0.3) is 0 Å². The number of carbonyl (C=O) groups excluding carboxylic acids is 3. The van der Waals surface area contributed by atoms with Crippen LogP contribution in [0.5, 0.6) is 0 Å². The summed E-state index contributed by atoms with van der Waals surface area (Å²) in [5.74, 6) is -0.000817. The molecule has 6 heteroatoms. The Bertz CT molecular complexity index is 903. The Balaban J connectivity index is 4.30. The molecule has 0 aromatic heterocycles. The van der Waals surface area contributed by atoms with Crippen LogP contribution >= 0.6 is 0 Å². The van der Waals surface area contributed by atoms with Crippen molar-refractivity contribution >= 4 is 17.9 Å². The normalized spacial score (nSPS) is 11.9. The lowest BCUT2D eigenvalue weighted by Gasteiger charge is -2.18. The first-order valence-electron chi connectivity index (χ1n) is 26.9. The number of carbonyl (C=O) groups is 3. The van der Waals surface area contributed by atoms with E-state index in [1.165, 1.54) is 199 Å². The van der Waals surface area contributed by atoms with Crippen LogP contribution < -0.4 is 0 Å². The lowest BCUT2D eigenvalue weighted by atomic mass is 10.0. The van der Waals surface area contributed by atoms with Crippen LogP contribution in [0.2, 0.25) is 0 Å². The van der Waals surface area contributed by atoms with Gasteiger partial charge in [-0.15, -0.1) is 0 Å². The molecule has 0 heterocycles. The fraction of sp³-hybridized carbons (Fsp3) is 0.944. The predicted octanol–water partition coefficient (Wildman–Crippen LogP) is 17.5. The molecule has 0 amide bonds. The van der Waals surface area contributed by atoms with Crippen molar-refractivity contribution in [2.75, 3.05) is 13.2 Å². The second-order valence-electron chi connectivity index (χ2n) is 19.0. The van der Waals surface area contributed by atoms with Crippen LogP contribution in [0, 0.1) is 5.92 Å². The van der Waals surface area contributed by atoms with Crippen LogP contribution in [0.15, 0.2) is 0 Å². The summed E-state index contributed by atoms with van der Waals surface area (Å²) in [4.78, 5) is 38.0. The maximum atomic E-state index is 12.8. The van der Waals surface area contributed by atoms with Gasteiger partial charge < -0.3 is 14.2 Å². The van der Waals surface area contributed by atoms with Gasteiger partial charge in [-0.1, -0.05) is 265 Å². The molecule has 0 aliphatic heterocycles. The van der Waals surface area contributed by atoms with Gasteiger partial charge in [0.2, 0.25) is 0 Å². The third kappa shape index (κ3) is 47.5. The van der Waals surface area contributed by atoms with Crippen LogP contribution in [-0.2, 0) is 28.6 Å². The molecule has 60 heavy (non-hydrogen) atoms. The Hall–Kier alpha value is -1.59. The van der Waals surface area contributed by atoms with Crippen molar-refractivity contribution in [2.24, 2.45) is 5.92 Å². The first-order chi connectivity index (χ1) is 29.4. The molecule has 0 aromatic rings. The topological polar surface area (TPSA) is 78.9 Å². The summed E-state index contributed by atoms with van der Waals surface area (Å²) >= 11 is 0. The van der Waals surface area contributed by atoms with Gasteiger partial charge in [0, 0.05) is 19.3 Å². The van der Waals surface area contributed by atoms with Crippen molar-refractivity contribution in [2.45, 2.75) is 310 Å². The van der Waals surface area contributed by atoms with E-state index in [2.05, 4.69) is 27.7 Å². The zero-order chi connectivity index (χ0) is 43.8. The van der Waals surface area contributed by atoms with Crippen molar-refractivity contribution in [3.63, 3.8) is 0 Å².